The van der Waals surface area contributed by atoms with Crippen molar-refractivity contribution in [2.45, 2.75) is 6.04 Å². The second-order valence-corrected chi connectivity index (χ2v) is 7.46. The van der Waals surface area contributed by atoms with Gasteiger partial charge in [-0.2, -0.15) is 0 Å². The van der Waals surface area contributed by atoms with Crippen molar-refractivity contribution in [3.05, 3.63) is 65.5 Å². The standard InChI is InChI=1S/C23H25N3O5/c1-30-18-6-4-16(5-7-18)21(27)19-20(17-3-2-8-24-15-17)26(23(29)22(19)28)10-9-25-11-13-31-14-12-25/h2-8,15,20,27H,9-14H2,1H3/t20-/m1/s1. The van der Waals surface area contributed by atoms with E-state index in [0.717, 1.165) is 13.1 Å². The molecule has 2 aliphatic heterocycles. The van der Waals surface area contributed by atoms with E-state index in [1.807, 2.05) is 6.07 Å². The summed E-state index contributed by atoms with van der Waals surface area (Å²) in [5, 5.41) is 11.0. The Hall–Kier alpha value is -3.23. The molecule has 2 aliphatic rings. The van der Waals surface area contributed by atoms with Crippen LogP contribution in [0.4, 0.5) is 0 Å². The fourth-order valence-electron chi connectivity index (χ4n) is 3.97. The van der Waals surface area contributed by atoms with E-state index in [4.69, 9.17) is 9.47 Å². The van der Waals surface area contributed by atoms with Gasteiger partial charge >= 0.3 is 0 Å². The van der Waals surface area contributed by atoms with Crippen molar-refractivity contribution in [1.29, 1.82) is 0 Å². The Morgan fingerprint density at radius 2 is 1.90 bits per heavy atom. The van der Waals surface area contributed by atoms with Crippen LogP contribution in [0, 0.1) is 0 Å². The molecule has 1 N–H and O–H groups in total. The Balaban J connectivity index is 1.70. The predicted molar refractivity (Wildman–Crippen MR) is 113 cm³/mol. The summed E-state index contributed by atoms with van der Waals surface area (Å²) >= 11 is 0. The number of nitrogens with zero attached hydrogens (tertiary/aromatic N) is 3. The number of hydrogen-bond acceptors (Lipinski definition) is 7. The third kappa shape index (κ3) is 4.30. The number of Topliss-reactive ketones (excluding diaryl/α,β-unsaturated/α-hetero) is 1. The van der Waals surface area contributed by atoms with Crippen LogP contribution in [0.2, 0.25) is 0 Å². The van der Waals surface area contributed by atoms with Crippen LogP contribution in [0.3, 0.4) is 0 Å². The highest BCUT2D eigenvalue weighted by molar-refractivity contribution is 6.46. The number of carbonyl (C=O) groups is 2. The molecule has 2 fully saturated rings. The molecule has 0 spiro atoms. The van der Waals surface area contributed by atoms with Crippen molar-refractivity contribution >= 4 is 17.4 Å². The number of amides is 1. The summed E-state index contributed by atoms with van der Waals surface area (Å²) in [5.41, 5.74) is 1.20. The third-order valence-electron chi connectivity index (χ3n) is 5.66. The van der Waals surface area contributed by atoms with Crippen LogP contribution in [0.1, 0.15) is 17.2 Å². The van der Waals surface area contributed by atoms with Crippen LogP contribution < -0.4 is 4.74 Å². The minimum atomic E-state index is -0.697. The number of benzene rings is 1. The van der Waals surface area contributed by atoms with Crippen LogP contribution in [0.15, 0.2) is 54.4 Å². The van der Waals surface area contributed by atoms with Gasteiger partial charge in [0.1, 0.15) is 11.5 Å². The monoisotopic (exact) mass is 423 g/mol. The molecule has 162 valence electrons. The Bertz CT molecular complexity index is 968. The van der Waals surface area contributed by atoms with Gasteiger partial charge in [0.2, 0.25) is 0 Å². The van der Waals surface area contributed by atoms with Gasteiger partial charge in [0.15, 0.2) is 0 Å². The van der Waals surface area contributed by atoms with Gasteiger partial charge in [0.05, 0.1) is 31.9 Å². The molecule has 0 aliphatic carbocycles. The molecule has 1 amide bonds. The molecular weight excluding hydrogens is 398 g/mol. The first-order valence-corrected chi connectivity index (χ1v) is 10.2. The highest BCUT2D eigenvalue weighted by atomic mass is 16.5. The number of rotatable bonds is 6. The summed E-state index contributed by atoms with van der Waals surface area (Å²) in [6.07, 6.45) is 3.26. The highest BCUT2D eigenvalue weighted by Gasteiger charge is 2.46. The van der Waals surface area contributed by atoms with Crippen molar-refractivity contribution in [2.24, 2.45) is 0 Å². The lowest BCUT2D eigenvalue weighted by Crippen LogP contribution is -2.42. The van der Waals surface area contributed by atoms with Crippen molar-refractivity contribution in [3.8, 4) is 5.75 Å². The Morgan fingerprint density at radius 1 is 1.16 bits per heavy atom. The molecule has 31 heavy (non-hydrogen) atoms. The van der Waals surface area contributed by atoms with Crippen LogP contribution in [0.25, 0.3) is 5.76 Å². The number of aromatic nitrogens is 1. The molecule has 0 saturated carbocycles. The maximum atomic E-state index is 13.0. The Kier molecular flexibility index (Phi) is 6.29. The van der Waals surface area contributed by atoms with E-state index >= 15 is 0 Å². The van der Waals surface area contributed by atoms with Crippen LogP contribution in [0.5, 0.6) is 5.75 Å². The van der Waals surface area contributed by atoms with Gasteiger partial charge in [-0.3, -0.25) is 19.5 Å². The number of likely N-dealkylation sites (tertiary alicyclic amines) is 1. The number of methoxy groups -OCH3 is 1. The fraction of sp³-hybridized carbons (Fsp3) is 0.348. The molecule has 3 heterocycles. The number of morpholine rings is 1. The zero-order chi connectivity index (χ0) is 21.8. The zero-order valence-electron chi connectivity index (χ0n) is 17.4. The molecule has 8 heteroatoms. The molecule has 2 aromatic rings. The van der Waals surface area contributed by atoms with E-state index in [-0.39, 0.29) is 11.3 Å². The number of hydrogen-bond donors (Lipinski definition) is 1. The van der Waals surface area contributed by atoms with Gasteiger partial charge in [-0.1, -0.05) is 6.07 Å². The topological polar surface area (TPSA) is 92.2 Å². The van der Waals surface area contributed by atoms with Crippen molar-refractivity contribution in [2.75, 3.05) is 46.5 Å². The van der Waals surface area contributed by atoms with Crippen molar-refractivity contribution in [1.82, 2.24) is 14.8 Å². The second kappa shape index (κ2) is 9.28. The quantitative estimate of drug-likeness (QED) is 0.431. The second-order valence-electron chi connectivity index (χ2n) is 7.46. The summed E-state index contributed by atoms with van der Waals surface area (Å²) in [6.45, 7) is 3.87. The number of ether oxygens (including phenoxy) is 2. The lowest BCUT2D eigenvalue weighted by molar-refractivity contribution is -0.140. The summed E-state index contributed by atoms with van der Waals surface area (Å²) in [4.78, 5) is 33.8. The Morgan fingerprint density at radius 3 is 2.55 bits per heavy atom. The largest absolute Gasteiger partial charge is 0.507 e. The number of ketones is 1. The van der Waals surface area contributed by atoms with E-state index < -0.39 is 17.7 Å². The van der Waals surface area contributed by atoms with Gasteiger partial charge in [-0.05, 0) is 35.9 Å². The zero-order valence-corrected chi connectivity index (χ0v) is 17.4. The van der Waals surface area contributed by atoms with E-state index in [0.29, 0.717) is 43.2 Å². The van der Waals surface area contributed by atoms with Crippen molar-refractivity contribution < 1.29 is 24.2 Å². The first kappa shape index (κ1) is 21.0. The molecule has 1 aromatic heterocycles. The van der Waals surface area contributed by atoms with E-state index in [1.165, 1.54) is 4.90 Å². The van der Waals surface area contributed by atoms with Gasteiger partial charge in [0.25, 0.3) is 11.7 Å². The molecule has 0 unspecified atom stereocenters. The first-order chi connectivity index (χ1) is 15.1. The van der Waals surface area contributed by atoms with Crippen LogP contribution in [-0.4, -0.2) is 78.1 Å². The SMILES string of the molecule is COc1ccc(C(O)=C2C(=O)C(=O)N(CCN3CCOCC3)[C@@H]2c2cccnc2)cc1. The molecule has 0 radical (unpaired) electrons. The average Bonchev–Trinajstić information content (AvgIpc) is 3.08. The van der Waals surface area contributed by atoms with Crippen LogP contribution >= 0.6 is 0 Å². The summed E-state index contributed by atoms with van der Waals surface area (Å²) in [5.74, 6) is -0.878. The minimum Gasteiger partial charge on any atom is -0.507 e. The molecule has 8 nitrogen and oxygen atoms in total. The van der Waals surface area contributed by atoms with Gasteiger partial charge < -0.3 is 19.5 Å². The van der Waals surface area contributed by atoms with E-state index in [9.17, 15) is 14.7 Å². The van der Waals surface area contributed by atoms with E-state index in [1.54, 1.807) is 49.8 Å². The maximum absolute atomic E-state index is 13.0. The summed E-state index contributed by atoms with van der Waals surface area (Å²) in [7, 11) is 1.55. The average molecular weight is 423 g/mol. The predicted octanol–water partition coefficient (Wildman–Crippen LogP) is 1.84. The lowest BCUT2D eigenvalue weighted by atomic mass is 9.96. The van der Waals surface area contributed by atoms with Crippen molar-refractivity contribution in [3.63, 3.8) is 0 Å². The molecule has 1 atom stereocenters. The number of aliphatic hydroxyl groups excluding tert-OH is 1. The normalized spacial score (nSPS) is 21.5. The Labute approximate surface area is 180 Å². The lowest BCUT2D eigenvalue weighted by Gasteiger charge is -2.30. The first-order valence-electron chi connectivity index (χ1n) is 10.2. The highest BCUT2D eigenvalue weighted by Crippen LogP contribution is 2.39. The van der Waals surface area contributed by atoms with Gasteiger partial charge in [-0.15, -0.1) is 0 Å². The molecule has 1 aromatic carbocycles. The molecule has 0 bridgehead atoms. The molecule has 4 rings (SSSR count). The maximum Gasteiger partial charge on any atom is 0.295 e. The molecular formula is C23H25N3O5. The fourth-order valence-corrected chi connectivity index (χ4v) is 3.97. The summed E-state index contributed by atoms with van der Waals surface area (Å²) in [6, 6.07) is 9.59. The third-order valence-corrected chi connectivity index (χ3v) is 5.66. The number of carbonyl (C=O) groups excluding carboxylic acids is 2. The minimum absolute atomic E-state index is 0.0742. The number of pyridine rings is 1. The molecule has 2 saturated heterocycles. The number of aliphatic hydroxyl groups is 1. The van der Waals surface area contributed by atoms with E-state index in [2.05, 4.69) is 9.88 Å². The van der Waals surface area contributed by atoms with Gasteiger partial charge in [-0.25, -0.2) is 0 Å². The smallest absolute Gasteiger partial charge is 0.295 e. The van der Waals surface area contributed by atoms with Gasteiger partial charge in [0, 0.05) is 44.1 Å². The van der Waals surface area contributed by atoms with Crippen LogP contribution in [-0.2, 0) is 14.3 Å². The summed E-state index contributed by atoms with van der Waals surface area (Å²) < 4.78 is 10.5.